The molecule has 0 heterocycles. The highest BCUT2D eigenvalue weighted by Gasteiger charge is 2.27. The molecule has 2 unspecified atom stereocenters. The summed E-state index contributed by atoms with van der Waals surface area (Å²) in [6, 6.07) is 0.730. The molecule has 0 aromatic carbocycles. The molecule has 1 rings (SSSR count). The molecule has 0 aromatic rings. The molecule has 1 aliphatic carbocycles. The van der Waals surface area contributed by atoms with Crippen LogP contribution < -0.4 is 5.32 Å². The Balaban J connectivity index is 2.09. The molecule has 0 aliphatic heterocycles. The molecular formula is C14H29NO. The van der Waals surface area contributed by atoms with E-state index in [1.54, 1.807) is 0 Å². The molecular weight excluding hydrogens is 198 g/mol. The second kappa shape index (κ2) is 6.61. The highest BCUT2D eigenvalue weighted by Crippen LogP contribution is 2.34. The highest BCUT2D eigenvalue weighted by molar-refractivity contribution is 4.83. The van der Waals surface area contributed by atoms with Crippen LogP contribution in [-0.4, -0.2) is 24.3 Å². The van der Waals surface area contributed by atoms with Crippen molar-refractivity contribution >= 4 is 0 Å². The van der Waals surface area contributed by atoms with E-state index >= 15 is 0 Å². The van der Waals surface area contributed by atoms with E-state index in [2.05, 4.69) is 26.1 Å². The Hall–Kier alpha value is -0.0800. The number of hydrogen-bond acceptors (Lipinski definition) is 2. The van der Waals surface area contributed by atoms with Crippen molar-refractivity contribution < 1.29 is 5.11 Å². The average molecular weight is 227 g/mol. The van der Waals surface area contributed by atoms with Crippen molar-refractivity contribution in [3.8, 4) is 0 Å². The first-order valence-electron chi connectivity index (χ1n) is 6.88. The minimum atomic E-state index is 0.330. The quantitative estimate of drug-likeness (QED) is 0.684. The topological polar surface area (TPSA) is 32.3 Å². The third-order valence-corrected chi connectivity index (χ3v) is 3.82. The second-order valence-corrected chi connectivity index (χ2v) is 6.34. The van der Waals surface area contributed by atoms with Gasteiger partial charge in [0.15, 0.2) is 0 Å². The summed E-state index contributed by atoms with van der Waals surface area (Å²) in [6.07, 6.45) is 7.75. The number of nitrogens with one attached hydrogen (secondary N) is 1. The lowest BCUT2D eigenvalue weighted by Gasteiger charge is -2.35. The highest BCUT2D eigenvalue weighted by atomic mass is 16.3. The van der Waals surface area contributed by atoms with Gasteiger partial charge in [-0.3, -0.25) is 0 Å². The van der Waals surface area contributed by atoms with Gasteiger partial charge in [0.25, 0.3) is 0 Å². The Kier molecular flexibility index (Phi) is 5.77. The first-order chi connectivity index (χ1) is 7.53. The second-order valence-electron chi connectivity index (χ2n) is 6.34. The molecule has 1 fully saturated rings. The first-order valence-corrected chi connectivity index (χ1v) is 6.88. The van der Waals surface area contributed by atoms with Crippen LogP contribution in [0.4, 0.5) is 0 Å². The van der Waals surface area contributed by atoms with E-state index in [9.17, 15) is 0 Å². The lowest BCUT2D eigenvalue weighted by atomic mass is 9.75. The van der Waals surface area contributed by atoms with Gasteiger partial charge < -0.3 is 10.4 Å². The van der Waals surface area contributed by atoms with E-state index in [1.807, 2.05) is 0 Å². The fraction of sp³-hybridized carbons (Fsp3) is 1.00. The predicted octanol–water partition coefficient (Wildman–Crippen LogP) is 2.95. The van der Waals surface area contributed by atoms with E-state index in [-0.39, 0.29) is 0 Å². The van der Waals surface area contributed by atoms with Gasteiger partial charge in [0.05, 0.1) is 0 Å². The molecule has 2 heteroatoms. The summed E-state index contributed by atoms with van der Waals surface area (Å²) in [4.78, 5) is 0. The van der Waals surface area contributed by atoms with Gasteiger partial charge in [0.2, 0.25) is 0 Å². The average Bonchev–Trinajstić information content (AvgIpc) is 2.22. The molecule has 2 N–H and O–H groups in total. The largest absolute Gasteiger partial charge is 0.396 e. The molecule has 2 atom stereocenters. The number of aliphatic hydroxyl groups excluding tert-OH is 1. The lowest BCUT2D eigenvalue weighted by molar-refractivity contribution is 0.195. The van der Waals surface area contributed by atoms with Crippen LogP contribution in [0.3, 0.4) is 0 Å². The number of aliphatic hydroxyl groups is 1. The number of hydrogen-bond donors (Lipinski definition) is 2. The van der Waals surface area contributed by atoms with Crippen LogP contribution in [-0.2, 0) is 0 Å². The Bertz CT molecular complexity index is 191. The normalized spacial score (nSPS) is 26.6. The fourth-order valence-corrected chi connectivity index (χ4v) is 2.72. The summed E-state index contributed by atoms with van der Waals surface area (Å²) in [6.45, 7) is 8.33. The smallest absolute Gasteiger partial charge is 0.0456 e. The Morgan fingerprint density at radius 1 is 1.44 bits per heavy atom. The zero-order chi connectivity index (χ0) is 12.0. The van der Waals surface area contributed by atoms with Gasteiger partial charge in [-0.15, -0.1) is 0 Å². The van der Waals surface area contributed by atoms with Gasteiger partial charge in [0.1, 0.15) is 0 Å². The van der Waals surface area contributed by atoms with Crippen LogP contribution in [0.1, 0.15) is 59.3 Å². The summed E-state index contributed by atoms with van der Waals surface area (Å²) < 4.78 is 0. The predicted molar refractivity (Wildman–Crippen MR) is 69.5 cm³/mol. The Labute approximate surface area is 101 Å². The van der Waals surface area contributed by atoms with Crippen molar-refractivity contribution in [1.82, 2.24) is 5.32 Å². The zero-order valence-electron chi connectivity index (χ0n) is 11.3. The van der Waals surface area contributed by atoms with Gasteiger partial charge in [-0.05, 0) is 50.0 Å². The van der Waals surface area contributed by atoms with E-state index in [4.69, 9.17) is 5.11 Å². The van der Waals surface area contributed by atoms with E-state index in [0.717, 1.165) is 19.0 Å². The van der Waals surface area contributed by atoms with Gasteiger partial charge in [-0.2, -0.15) is 0 Å². The lowest BCUT2D eigenvalue weighted by Crippen LogP contribution is -2.37. The van der Waals surface area contributed by atoms with E-state index < -0.39 is 0 Å². The van der Waals surface area contributed by atoms with Gasteiger partial charge in [0, 0.05) is 12.6 Å². The molecule has 1 saturated carbocycles. The third kappa shape index (κ3) is 5.31. The van der Waals surface area contributed by atoms with Crippen LogP contribution >= 0.6 is 0 Å². The zero-order valence-corrected chi connectivity index (χ0v) is 11.3. The van der Waals surface area contributed by atoms with Crippen LogP contribution in [0.25, 0.3) is 0 Å². The molecule has 0 amide bonds. The maximum atomic E-state index is 8.93. The summed E-state index contributed by atoms with van der Waals surface area (Å²) in [5.41, 5.74) is 0.536. The summed E-state index contributed by atoms with van der Waals surface area (Å²) in [5, 5.41) is 12.6. The van der Waals surface area contributed by atoms with Crippen molar-refractivity contribution in [3.63, 3.8) is 0 Å². The fourth-order valence-electron chi connectivity index (χ4n) is 2.72. The SMILES string of the molecule is CC(CO)CCCNC1CCCC(C)(C)C1. The van der Waals surface area contributed by atoms with E-state index in [0.29, 0.717) is 17.9 Å². The maximum absolute atomic E-state index is 8.93. The molecule has 0 aromatic heterocycles. The minimum Gasteiger partial charge on any atom is -0.396 e. The molecule has 2 nitrogen and oxygen atoms in total. The minimum absolute atomic E-state index is 0.330. The molecule has 0 spiro atoms. The van der Waals surface area contributed by atoms with Gasteiger partial charge in [-0.1, -0.05) is 27.2 Å². The van der Waals surface area contributed by atoms with Gasteiger partial charge >= 0.3 is 0 Å². The Morgan fingerprint density at radius 2 is 2.19 bits per heavy atom. The molecule has 1 aliphatic rings. The standard InChI is InChI=1S/C14H29NO/c1-12(11-16)6-5-9-15-13-7-4-8-14(2,3)10-13/h12-13,15-16H,4-11H2,1-3H3. The van der Waals surface area contributed by atoms with Crippen LogP contribution in [0.2, 0.25) is 0 Å². The molecule has 96 valence electrons. The van der Waals surface area contributed by atoms with Gasteiger partial charge in [-0.25, -0.2) is 0 Å². The molecule has 0 bridgehead atoms. The summed E-state index contributed by atoms with van der Waals surface area (Å²) in [5.74, 6) is 0.463. The van der Waals surface area contributed by atoms with Crippen molar-refractivity contribution in [3.05, 3.63) is 0 Å². The van der Waals surface area contributed by atoms with E-state index in [1.165, 1.54) is 32.1 Å². The van der Waals surface area contributed by atoms with Crippen molar-refractivity contribution in [2.24, 2.45) is 11.3 Å². The van der Waals surface area contributed by atoms with Crippen LogP contribution in [0, 0.1) is 11.3 Å². The van der Waals surface area contributed by atoms with Crippen molar-refractivity contribution in [2.45, 2.75) is 65.3 Å². The summed E-state index contributed by atoms with van der Waals surface area (Å²) in [7, 11) is 0. The number of rotatable bonds is 6. The summed E-state index contributed by atoms with van der Waals surface area (Å²) >= 11 is 0. The maximum Gasteiger partial charge on any atom is 0.0456 e. The molecule has 0 radical (unpaired) electrons. The molecule has 0 saturated heterocycles. The van der Waals surface area contributed by atoms with Crippen molar-refractivity contribution in [2.75, 3.05) is 13.2 Å². The monoisotopic (exact) mass is 227 g/mol. The first kappa shape index (κ1) is 14.0. The van der Waals surface area contributed by atoms with Crippen LogP contribution in [0.15, 0.2) is 0 Å². The van der Waals surface area contributed by atoms with Crippen molar-refractivity contribution in [1.29, 1.82) is 0 Å². The third-order valence-electron chi connectivity index (χ3n) is 3.82. The molecule has 16 heavy (non-hydrogen) atoms. The van der Waals surface area contributed by atoms with Crippen LogP contribution in [0.5, 0.6) is 0 Å². The Morgan fingerprint density at radius 3 is 2.81 bits per heavy atom.